The van der Waals surface area contributed by atoms with Crippen molar-refractivity contribution in [3.63, 3.8) is 0 Å². The van der Waals surface area contributed by atoms with Crippen LogP contribution in [0.2, 0.25) is 5.02 Å². The number of aromatic nitrogens is 3. The first-order valence-corrected chi connectivity index (χ1v) is 9.71. The molecule has 0 aliphatic heterocycles. The zero-order valence-corrected chi connectivity index (χ0v) is 17.3. The molecule has 10 heteroatoms. The Balaban J connectivity index is 1.46. The molecule has 2 heterocycles. The number of halogens is 1. The molecule has 4 rings (SSSR count). The van der Waals surface area contributed by atoms with Crippen LogP contribution in [0.25, 0.3) is 22.4 Å². The zero-order chi connectivity index (χ0) is 21.3. The van der Waals surface area contributed by atoms with Crippen LogP contribution in [0.1, 0.15) is 16.1 Å². The molecule has 2 amide bonds. The van der Waals surface area contributed by atoms with Crippen molar-refractivity contribution in [2.24, 2.45) is 0 Å². The van der Waals surface area contributed by atoms with Crippen LogP contribution in [-0.2, 0) is 11.3 Å². The van der Waals surface area contributed by atoms with Gasteiger partial charge in [0.1, 0.15) is 12.1 Å². The van der Waals surface area contributed by atoms with Gasteiger partial charge in [-0.25, -0.2) is 0 Å². The molecule has 30 heavy (non-hydrogen) atoms. The molecule has 0 fully saturated rings. The maximum atomic E-state index is 12.5. The molecule has 2 aromatic heterocycles. The van der Waals surface area contributed by atoms with Crippen molar-refractivity contribution in [3.05, 3.63) is 69.6 Å². The quantitative estimate of drug-likeness (QED) is 0.330. The standard InChI is InChI=1S/C20H16ClN5O3S/c1-11-14-4-2-3-5-15(14)29-17(11)19(28)24-22-16(27)10-26-18(23-25-20(26)30)12-6-8-13(21)9-7-12/h2-9H,10H2,1H3,(H,22,27)(H,24,28)(H,25,30). The van der Waals surface area contributed by atoms with Crippen molar-refractivity contribution in [2.45, 2.75) is 13.5 Å². The smallest absolute Gasteiger partial charge is 0.305 e. The second kappa shape index (κ2) is 8.13. The van der Waals surface area contributed by atoms with Crippen LogP contribution in [0.4, 0.5) is 0 Å². The van der Waals surface area contributed by atoms with E-state index >= 15 is 0 Å². The fraction of sp³-hybridized carbons (Fsp3) is 0.100. The molecule has 2 aromatic carbocycles. The summed E-state index contributed by atoms with van der Waals surface area (Å²) in [7, 11) is 0. The number of benzene rings is 2. The zero-order valence-electron chi connectivity index (χ0n) is 15.7. The molecule has 8 nitrogen and oxygen atoms in total. The van der Waals surface area contributed by atoms with Crippen LogP contribution in [0.15, 0.2) is 52.9 Å². The van der Waals surface area contributed by atoms with Crippen LogP contribution >= 0.6 is 23.8 Å². The van der Waals surface area contributed by atoms with E-state index in [0.29, 0.717) is 22.0 Å². The minimum atomic E-state index is -0.550. The Hall–Kier alpha value is -3.43. The Morgan fingerprint density at radius 2 is 1.90 bits per heavy atom. The summed E-state index contributed by atoms with van der Waals surface area (Å²) >= 11 is 11.1. The largest absolute Gasteiger partial charge is 0.451 e. The van der Waals surface area contributed by atoms with Crippen molar-refractivity contribution >= 4 is 46.6 Å². The Morgan fingerprint density at radius 3 is 2.63 bits per heavy atom. The summed E-state index contributed by atoms with van der Waals surface area (Å²) in [4.78, 5) is 24.9. The van der Waals surface area contributed by atoms with Crippen molar-refractivity contribution in [3.8, 4) is 11.4 Å². The molecule has 0 spiro atoms. The number of hydrogen-bond acceptors (Lipinski definition) is 5. The number of hydrazine groups is 1. The van der Waals surface area contributed by atoms with Crippen LogP contribution in [0, 0.1) is 11.7 Å². The third-order valence-electron chi connectivity index (χ3n) is 4.53. The van der Waals surface area contributed by atoms with Gasteiger partial charge < -0.3 is 4.42 Å². The van der Waals surface area contributed by atoms with Gasteiger partial charge in [0.2, 0.25) is 0 Å². The van der Waals surface area contributed by atoms with Gasteiger partial charge in [0.25, 0.3) is 5.91 Å². The highest BCUT2D eigenvalue weighted by molar-refractivity contribution is 7.71. The van der Waals surface area contributed by atoms with E-state index < -0.39 is 11.8 Å². The van der Waals surface area contributed by atoms with Crippen LogP contribution in [0.5, 0.6) is 0 Å². The van der Waals surface area contributed by atoms with Gasteiger partial charge in [0, 0.05) is 21.5 Å². The molecule has 0 aliphatic carbocycles. The summed E-state index contributed by atoms with van der Waals surface area (Å²) in [5.74, 6) is -0.417. The van der Waals surface area contributed by atoms with E-state index in [-0.39, 0.29) is 17.1 Å². The summed E-state index contributed by atoms with van der Waals surface area (Å²) in [6, 6.07) is 14.3. The van der Waals surface area contributed by atoms with Crippen LogP contribution < -0.4 is 10.9 Å². The number of aromatic amines is 1. The molecule has 0 unspecified atom stereocenters. The van der Waals surface area contributed by atoms with E-state index in [0.717, 1.165) is 10.9 Å². The number of amides is 2. The lowest BCUT2D eigenvalue weighted by molar-refractivity contribution is -0.122. The minimum absolute atomic E-state index is 0.137. The molecule has 4 aromatic rings. The topological polar surface area (TPSA) is 105 Å². The van der Waals surface area contributed by atoms with Gasteiger partial charge in [-0.2, -0.15) is 5.10 Å². The Bertz CT molecular complexity index is 1310. The lowest BCUT2D eigenvalue weighted by atomic mass is 10.1. The average Bonchev–Trinajstić information content (AvgIpc) is 3.27. The Kier molecular flexibility index (Phi) is 5.39. The molecule has 3 N–H and O–H groups in total. The van der Waals surface area contributed by atoms with Gasteiger partial charge in [-0.05, 0) is 49.5 Å². The fourth-order valence-electron chi connectivity index (χ4n) is 3.04. The van der Waals surface area contributed by atoms with Gasteiger partial charge in [-0.3, -0.25) is 30.1 Å². The highest BCUT2D eigenvalue weighted by atomic mass is 35.5. The van der Waals surface area contributed by atoms with Crippen molar-refractivity contribution in [1.82, 2.24) is 25.6 Å². The first-order chi connectivity index (χ1) is 14.4. The number of para-hydroxylation sites is 1. The van der Waals surface area contributed by atoms with E-state index in [1.165, 1.54) is 4.57 Å². The number of nitrogens with one attached hydrogen (secondary N) is 3. The van der Waals surface area contributed by atoms with E-state index in [1.807, 2.05) is 18.2 Å². The Labute approximate surface area is 180 Å². The predicted octanol–water partition coefficient (Wildman–Crippen LogP) is 3.78. The summed E-state index contributed by atoms with van der Waals surface area (Å²) < 4.78 is 7.39. The van der Waals surface area contributed by atoms with Gasteiger partial charge in [-0.15, -0.1) is 0 Å². The summed E-state index contributed by atoms with van der Waals surface area (Å²) in [5.41, 5.74) is 6.78. The van der Waals surface area contributed by atoms with Crippen molar-refractivity contribution in [1.29, 1.82) is 0 Å². The molecule has 0 atom stereocenters. The van der Waals surface area contributed by atoms with Gasteiger partial charge in [-0.1, -0.05) is 29.8 Å². The van der Waals surface area contributed by atoms with Gasteiger partial charge in [0.15, 0.2) is 16.4 Å². The molecule has 0 saturated carbocycles. The van der Waals surface area contributed by atoms with E-state index in [9.17, 15) is 9.59 Å². The van der Waals surface area contributed by atoms with Crippen molar-refractivity contribution < 1.29 is 14.0 Å². The third-order valence-corrected chi connectivity index (χ3v) is 5.09. The molecule has 0 bridgehead atoms. The molecular weight excluding hydrogens is 426 g/mol. The van der Waals surface area contributed by atoms with Gasteiger partial charge in [0.05, 0.1) is 0 Å². The highest BCUT2D eigenvalue weighted by Gasteiger charge is 2.18. The van der Waals surface area contributed by atoms with Crippen LogP contribution in [-0.4, -0.2) is 26.6 Å². The fourth-order valence-corrected chi connectivity index (χ4v) is 3.36. The molecule has 0 radical (unpaired) electrons. The predicted molar refractivity (Wildman–Crippen MR) is 114 cm³/mol. The normalized spacial score (nSPS) is 10.9. The second-order valence-corrected chi connectivity index (χ2v) is 7.32. The molecular formula is C20H16ClN5O3S. The lowest BCUT2D eigenvalue weighted by Crippen LogP contribution is -2.43. The Morgan fingerprint density at radius 1 is 1.17 bits per heavy atom. The number of furan rings is 1. The number of carbonyl (C=O) groups excluding carboxylic acids is 2. The lowest BCUT2D eigenvalue weighted by Gasteiger charge is -2.09. The van der Waals surface area contributed by atoms with E-state index in [4.69, 9.17) is 28.2 Å². The van der Waals surface area contributed by atoms with E-state index in [1.54, 1.807) is 37.3 Å². The van der Waals surface area contributed by atoms with Gasteiger partial charge >= 0.3 is 5.91 Å². The second-order valence-electron chi connectivity index (χ2n) is 6.50. The number of hydrogen-bond donors (Lipinski definition) is 3. The maximum absolute atomic E-state index is 12.5. The summed E-state index contributed by atoms with van der Waals surface area (Å²) in [5, 5.41) is 8.26. The first-order valence-electron chi connectivity index (χ1n) is 8.92. The number of nitrogens with zero attached hydrogens (tertiary/aromatic N) is 2. The number of aryl methyl sites for hydroxylation is 1. The maximum Gasteiger partial charge on any atom is 0.305 e. The molecule has 0 saturated heterocycles. The minimum Gasteiger partial charge on any atom is -0.451 e. The average molecular weight is 442 g/mol. The number of carbonyl (C=O) groups is 2. The van der Waals surface area contributed by atoms with Crippen molar-refractivity contribution in [2.75, 3.05) is 0 Å². The van der Waals surface area contributed by atoms with Crippen LogP contribution in [0.3, 0.4) is 0 Å². The third kappa shape index (κ3) is 3.85. The first kappa shape index (κ1) is 19.9. The SMILES string of the molecule is Cc1c(C(=O)NNC(=O)Cn2c(-c3ccc(Cl)cc3)n[nH]c2=S)oc2ccccc12. The number of H-pyrrole nitrogens is 1. The molecule has 0 aliphatic rings. The number of rotatable bonds is 4. The summed E-state index contributed by atoms with van der Waals surface area (Å²) in [6.07, 6.45) is 0. The highest BCUT2D eigenvalue weighted by Crippen LogP contribution is 2.24. The molecule has 152 valence electrons. The number of fused-ring (bicyclic) bond motifs is 1. The van der Waals surface area contributed by atoms with E-state index in [2.05, 4.69) is 21.0 Å². The summed E-state index contributed by atoms with van der Waals surface area (Å²) in [6.45, 7) is 1.64. The monoisotopic (exact) mass is 441 g/mol.